The van der Waals surface area contributed by atoms with Crippen molar-refractivity contribution in [3.63, 3.8) is 0 Å². The first-order valence-electron chi connectivity index (χ1n) is 7.81. The highest BCUT2D eigenvalue weighted by Crippen LogP contribution is 2.14. The Morgan fingerprint density at radius 1 is 1.28 bits per heavy atom. The van der Waals surface area contributed by atoms with Crippen LogP contribution in [0.3, 0.4) is 0 Å². The van der Waals surface area contributed by atoms with E-state index in [1.54, 1.807) is 50.6 Å². The molecule has 0 aliphatic rings. The van der Waals surface area contributed by atoms with E-state index in [1.807, 2.05) is 0 Å². The van der Waals surface area contributed by atoms with Crippen LogP contribution in [0.4, 0.5) is 15.8 Å². The van der Waals surface area contributed by atoms with E-state index in [0.29, 0.717) is 35.7 Å². The Kier molecular flexibility index (Phi) is 6.54. The third kappa shape index (κ3) is 5.06. The average molecular weight is 343 g/mol. The van der Waals surface area contributed by atoms with Gasteiger partial charge in [0.25, 0.3) is 0 Å². The summed E-state index contributed by atoms with van der Waals surface area (Å²) < 4.78 is 25.0. The first-order valence-corrected chi connectivity index (χ1v) is 7.81. The molecule has 0 fully saturated rings. The predicted octanol–water partition coefficient (Wildman–Crippen LogP) is 2.11. The van der Waals surface area contributed by atoms with Gasteiger partial charge < -0.3 is 20.5 Å². The Labute approximate surface area is 146 Å². The lowest BCUT2D eigenvalue weighted by atomic mass is 10.2. The molecule has 6 heteroatoms. The molecular weight excluding hydrogens is 321 g/mol. The molecule has 0 radical (unpaired) electrons. The van der Waals surface area contributed by atoms with Gasteiger partial charge in [-0.2, -0.15) is 0 Å². The maximum absolute atomic E-state index is 14.7. The number of rotatable bonds is 7. The molecule has 5 nitrogen and oxygen atoms in total. The average Bonchev–Trinajstić information content (AvgIpc) is 2.57. The molecule has 0 heterocycles. The lowest BCUT2D eigenvalue weighted by Gasteiger charge is -2.10. The van der Waals surface area contributed by atoms with Crippen LogP contribution in [-0.4, -0.2) is 26.5 Å². The molecule has 2 aromatic rings. The van der Waals surface area contributed by atoms with Crippen LogP contribution in [0, 0.1) is 5.82 Å². The van der Waals surface area contributed by atoms with Crippen molar-refractivity contribution in [3.8, 4) is 5.75 Å². The maximum Gasteiger partial charge on any atom is 0.140 e. The van der Waals surface area contributed by atoms with E-state index >= 15 is 0 Å². The van der Waals surface area contributed by atoms with Gasteiger partial charge in [-0.3, -0.25) is 0 Å². The molecule has 0 saturated heterocycles. The molecule has 2 rings (SSSR count). The first-order chi connectivity index (χ1) is 12.0. The molecule has 0 aliphatic carbocycles. The van der Waals surface area contributed by atoms with Gasteiger partial charge in [0.15, 0.2) is 0 Å². The summed E-state index contributed by atoms with van der Waals surface area (Å²) in [5.74, 6) is 0.289. The van der Waals surface area contributed by atoms with Gasteiger partial charge in [0.1, 0.15) is 24.0 Å². The molecule has 132 valence electrons. The lowest BCUT2D eigenvalue weighted by molar-refractivity contribution is 0.146. The van der Waals surface area contributed by atoms with E-state index in [1.165, 1.54) is 6.07 Å². The van der Waals surface area contributed by atoms with Crippen molar-refractivity contribution < 1.29 is 13.9 Å². The Balaban J connectivity index is 2.44. The van der Waals surface area contributed by atoms with Crippen molar-refractivity contribution in [1.82, 2.24) is 0 Å². The Morgan fingerprint density at radius 2 is 2.00 bits per heavy atom. The normalized spacial score (nSPS) is 12.3. The molecule has 0 bridgehead atoms. The third-order valence-corrected chi connectivity index (χ3v) is 3.37. The maximum atomic E-state index is 14.7. The first kappa shape index (κ1) is 18.5. The monoisotopic (exact) mass is 343 g/mol. The van der Waals surface area contributed by atoms with Crippen LogP contribution in [0.5, 0.6) is 5.75 Å². The molecule has 0 aliphatic heterocycles. The van der Waals surface area contributed by atoms with Crippen molar-refractivity contribution in [2.24, 2.45) is 4.99 Å². The number of hydrogen-bond acceptors (Lipinski definition) is 5. The summed E-state index contributed by atoms with van der Waals surface area (Å²) in [6.07, 6.45) is 1.58. The highest BCUT2D eigenvalue weighted by Gasteiger charge is 2.07. The fraction of sp³-hybridized carbons (Fsp3) is 0.211. The number of nitrogens with one attached hydrogen (secondary N) is 1. The topological polar surface area (TPSA) is 68.9 Å². The summed E-state index contributed by atoms with van der Waals surface area (Å²) in [6.45, 7) is 6.44. The van der Waals surface area contributed by atoms with E-state index in [9.17, 15) is 4.39 Å². The molecule has 0 atom stereocenters. The number of anilines is 2. The van der Waals surface area contributed by atoms with Crippen molar-refractivity contribution in [2.45, 2.75) is 6.92 Å². The minimum absolute atomic E-state index is 0.286. The summed E-state index contributed by atoms with van der Waals surface area (Å²) >= 11 is 0. The minimum atomic E-state index is -0.469. The number of methoxy groups -OCH3 is 1. The van der Waals surface area contributed by atoms with Crippen LogP contribution >= 0.6 is 0 Å². The molecule has 25 heavy (non-hydrogen) atoms. The number of hydrogen-bond donors (Lipinski definition) is 2. The summed E-state index contributed by atoms with van der Waals surface area (Å²) in [5, 5.41) is 3.85. The number of aliphatic imine (C=N–C) groups is 1. The smallest absolute Gasteiger partial charge is 0.140 e. The zero-order valence-electron chi connectivity index (χ0n) is 14.4. The van der Waals surface area contributed by atoms with Crippen LogP contribution in [0.2, 0.25) is 0 Å². The second-order valence-electron chi connectivity index (χ2n) is 5.26. The fourth-order valence-electron chi connectivity index (χ4n) is 2.22. The second kappa shape index (κ2) is 8.84. The van der Waals surface area contributed by atoms with Crippen molar-refractivity contribution in [2.75, 3.05) is 31.4 Å². The molecule has 3 N–H and O–H groups in total. The minimum Gasteiger partial charge on any atom is -0.491 e. The van der Waals surface area contributed by atoms with Gasteiger partial charge in [-0.05, 0) is 42.5 Å². The van der Waals surface area contributed by atoms with Crippen LogP contribution < -0.4 is 26.2 Å². The number of ether oxygens (including phenoxy) is 2. The van der Waals surface area contributed by atoms with E-state index in [-0.39, 0.29) is 5.22 Å². The van der Waals surface area contributed by atoms with E-state index in [2.05, 4.69) is 16.9 Å². The third-order valence-electron chi connectivity index (χ3n) is 3.37. The molecule has 0 saturated carbocycles. The van der Waals surface area contributed by atoms with Gasteiger partial charge in [-0.15, -0.1) is 0 Å². The highest BCUT2D eigenvalue weighted by molar-refractivity contribution is 5.71. The molecule has 0 amide bonds. The quantitative estimate of drug-likeness (QED) is 0.459. The number of benzene rings is 2. The number of nitrogens with two attached hydrogens (primary N) is 1. The Bertz CT molecular complexity index is 848. The van der Waals surface area contributed by atoms with Crippen molar-refractivity contribution in [1.29, 1.82) is 0 Å². The lowest BCUT2D eigenvalue weighted by Crippen LogP contribution is -2.31. The number of halogens is 1. The van der Waals surface area contributed by atoms with Crippen LogP contribution in [0.25, 0.3) is 12.4 Å². The van der Waals surface area contributed by atoms with E-state index in [0.717, 1.165) is 5.69 Å². The van der Waals surface area contributed by atoms with Gasteiger partial charge in [-0.25, -0.2) is 9.38 Å². The molecular formula is C19H22FN3O2. The Morgan fingerprint density at radius 3 is 2.60 bits per heavy atom. The molecule has 2 aromatic carbocycles. The highest BCUT2D eigenvalue weighted by atomic mass is 19.1. The Hall–Kier alpha value is -2.86. The molecule has 0 aromatic heterocycles. The van der Waals surface area contributed by atoms with Gasteiger partial charge in [-0.1, -0.05) is 6.58 Å². The van der Waals surface area contributed by atoms with Crippen LogP contribution in [-0.2, 0) is 4.74 Å². The van der Waals surface area contributed by atoms with E-state index < -0.39 is 5.82 Å². The summed E-state index contributed by atoms with van der Waals surface area (Å²) in [4.78, 5) is 4.25. The summed E-state index contributed by atoms with van der Waals surface area (Å²) in [6, 6.07) is 10.1. The van der Waals surface area contributed by atoms with Crippen LogP contribution in [0.1, 0.15) is 6.92 Å². The summed E-state index contributed by atoms with van der Waals surface area (Å²) in [7, 11) is 1.58. The number of nitrogen functional groups attached to an aromatic ring is 1. The standard InChI is InChI=1S/C19H22FN3O2/c1-4-22-19(23-15-7-5-14(21)6-8-15)18-13(2)11-16(12-17(18)20)25-10-9-24-3/h4-8,11-12,23H,2,9-10,21H2,1,3H3/b19-18-,22-4?. The van der Waals surface area contributed by atoms with Gasteiger partial charge in [0.2, 0.25) is 0 Å². The predicted molar refractivity (Wildman–Crippen MR) is 101 cm³/mol. The van der Waals surface area contributed by atoms with Gasteiger partial charge in [0.05, 0.1) is 11.8 Å². The SMILES string of the molecule is C=c1cc(OCCOC)cc(F)/c1=C(/N=CC)Nc1ccc(N)cc1. The van der Waals surface area contributed by atoms with Gasteiger partial charge in [0, 0.05) is 30.8 Å². The van der Waals surface area contributed by atoms with E-state index in [4.69, 9.17) is 15.2 Å². The summed E-state index contributed by atoms with van der Waals surface area (Å²) in [5.41, 5.74) is 7.08. The second-order valence-corrected chi connectivity index (χ2v) is 5.26. The zero-order valence-corrected chi connectivity index (χ0v) is 14.4. The zero-order chi connectivity index (χ0) is 18.2. The fourth-order valence-corrected chi connectivity index (χ4v) is 2.22. The van der Waals surface area contributed by atoms with Crippen molar-refractivity contribution >= 4 is 30.0 Å². The molecule has 0 spiro atoms. The molecule has 0 unspecified atom stereocenters. The van der Waals surface area contributed by atoms with Crippen molar-refractivity contribution in [3.05, 3.63) is 52.7 Å². The largest absolute Gasteiger partial charge is 0.491 e. The van der Waals surface area contributed by atoms with Crippen LogP contribution in [0.15, 0.2) is 41.4 Å². The number of nitrogens with zero attached hydrogens (tertiary/aromatic N) is 1. The van der Waals surface area contributed by atoms with Gasteiger partial charge >= 0.3 is 0 Å².